The maximum Gasteiger partial charge on any atom is 0.295 e. The third-order valence-electron chi connectivity index (χ3n) is 10.2. The van der Waals surface area contributed by atoms with E-state index in [2.05, 4.69) is 26.0 Å². The molecule has 0 spiro atoms. The van der Waals surface area contributed by atoms with Crippen LogP contribution in [0, 0.1) is 13.8 Å². The van der Waals surface area contributed by atoms with Gasteiger partial charge >= 0.3 is 0 Å². The molecular weight excluding hydrogens is 831 g/mol. The van der Waals surface area contributed by atoms with Gasteiger partial charge in [-0.15, -0.1) is 0 Å². The maximum absolute atomic E-state index is 13.9. The minimum atomic E-state index is -1.14. The number of primary amides is 1. The van der Waals surface area contributed by atoms with Gasteiger partial charge in [-0.2, -0.15) is 5.10 Å². The van der Waals surface area contributed by atoms with Crippen molar-refractivity contribution in [2.45, 2.75) is 66.4 Å². The van der Waals surface area contributed by atoms with Gasteiger partial charge in [0.05, 0.1) is 68.7 Å². The van der Waals surface area contributed by atoms with Gasteiger partial charge in [0.1, 0.15) is 34.5 Å². The molecule has 340 valence electrons. The predicted molar refractivity (Wildman–Crippen MR) is 234 cm³/mol. The number of aliphatic hydroxyl groups excluding tert-OH is 2. The summed E-state index contributed by atoms with van der Waals surface area (Å²) in [6.07, 6.45) is 3.42. The first-order valence-corrected chi connectivity index (χ1v) is 21.1. The molecule has 21 nitrogen and oxygen atoms in total. The smallest absolute Gasteiger partial charge is 0.295 e. The molecule has 4 aromatic heterocycles. The number of rotatable bonds is 17. The molecule has 0 saturated heterocycles. The van der Waals surface area contributed by atoms with Gasteiger partial charge in [0, 0.05) is 50.7 Å². The number of aryl methyl sites for hydroxylation is 4. The molecule has 0 bridgehead atoms. The quantitative estimate of drug-likeness (QED) is 0.0435. The van der Waals surface area contributed by atoms with Gasteiger partial charge in [0.2, 0.25) is 23.6 Å². The number of nitrogens with zero attached hydrogens (tertiary/aromatic N) is 7. The fourth-order valence-corrected chi connectivity index (χ4v) is 7.28. The van der Waals surface area contributed by atoms with Crippen molar-refractivity contribution in [2.24, 2.45) is 5.73 Å². The van der Waals surface area contributed by atoms with Gasteiger partial charge in [-0.1, -0.05) is 19.1 Å². The second-order valence-corrected chi connectivity index (χ2v) is 14.8. The summed E-state index contributed by atoms with van der Waals surface area (Å²) in [5.74, 6) is -0.159. The molecule has 7 rings (SSSR count). The molecule has 2 aromatic carbocycles. The lowest BCUT2D eigenvalue weighted by Crippen LogP contribution is -2.25. The lowest BCUT2D eigenvalue weighted by Gasteiger charge is -2.17. The molecule has 0 fully saturated rings. The van der Waals surface area contributed by atoms with Gasteiger partial charge in [-0.05, 0) is 50.6 Å². The number of oxazole rings is 1. The summed E-state index contributed by atoms with van der Waals surface area (Å²) in [7, 11) is 0. The van der Waals surface area contributed by atoms with Gasteiger partial charge in [-0.25, -0.2) is 15.0 Å². The van der Waals surface area contributed by atoms with Gasteiger partial charge in [0.15, 0.2) is 5.89 Å². The van der Waals surface area contributed by atoms with Crippen LogP contribution in [0.4, 0.5) is 11.9 Å². The van der Waals surface area contributed by atoms with Crippen molar-refractivity contribution in [1.82, 2.24) is 39.2 Å². The molecule has 7 N–H and O–H groups in total. The van der Waals surface area contributed by atoms with Gasteiger partial charge in [0.25, 0.3) is 11.8 Å². The van der Waals surface area contributed by atoms with E-state index in [0.717, 1.165) is 0 Å². The molecule has 1 aliphatic rings. The Morgan fingerprint density at radius 1 is 0.844 bits per heavy atom. The third-order valence-corrected chi connectivity index (χ3v) is 10.2. The number of allylic oxidation sites excluding steroid dienone is 2. The first-order valence-electron chi connectivity index (χ1n) is 21.1. The Morgan fingerprint density at radius 3 is 2.12 bits per heavy atom. The minimum Gasteiger partial charge on any atom is -0.491 e. The topological polar surface area (TPSA) is 270 Å². The molecular formula is C43H53N11O10. The highest BCUT2D eigenvalue weighted by atomic mass is 16.5. The van der Waals surface area contributed by atoms with Crippen LogP contribution in [0.15, 0.2) is 46.9 Å². The Balaban J connectivity index is 1.25. The van der Waals surface area contributed by atoms with Crippen molar-refractivity contribution in [3.8, 4) is 11.5 Å². The number of anilines is 2. The standard InChI is InChI=1S/C43H53N11O10/c1-5-29-37(64-26(4)46-29)41(59)50-43-47-30-21-27(38(44)56)23-33-35(30)53(43)12-8-7-11-52-36-31(48-42(52)49-40(58)32-20-25(3)51-54(32)6-2)22-28(24-34(36)63-15-9-14-62-33)39(57)45-10-16-60-18-19-61-17-13-55/h7-8,20-24,39,45,55,57H,5-6,9-19H2,1-4H3,(H2,44,56)(H,47,50,59)(H,48,49,58)/b8-7+. The summed E-state index contributed by atoms with van der Waals surface area (Å²) in [6, 6.07) is 8.23. The van der Waals surface area contributed by atoms with Crippen molar-refractivity contribution in [3.05, 3.63) is 82.3 Å². The molecule has 0 radical (unpaired) electrons. The normalized spacial score (nSPS) is 14.1. The van der Waals surface area contributed by atoms with E-state index in [-0.39, 0.29) is 62.7 Å². The van der Waals surface area contributed by atoms with E-state index in [1.165, 1.54) is 6.07 Å². The number of nitrogens with two attached hydrogens (primary N) is 1. The number of aliphatic hydroxyl groups is 2. The summed E-state index contributed by atoms with van der Waals surface area (Å²) in [5, 5.41) is 33.5. The highest BCUT2D eigenvalue weighted by Gasteiger charge is 2.25. The summed E-state index contributed by atoms with van der Waals surface area (Å²) in [6.45, 7) is 9.80. The monoisotopic (exact) mass is 883 g/mol. The van der Waals surface area contributed by atoms with E-state index in [1.807, 2.05) is 37.5 Å². The van der Waals surface area contributed by atoms with Crippen molar-refractivity contribution in [1.29, 1.82) is 0 Å². The predicted octanol–water partition coefficient (Wildman–Crippen LogP) is 3.40. The SMILES string of the molecule is CCc1nc(C)oc1C(=O)Nc1nc2cc(C(N)=O)cc3c2n1C/C=C/Cn1c(NC(=O)c2cc(C)nn2CC)nc2cc(C(O)NCCOCCOCCO)cc(c21)OCCCO3. The van der Waals surface area contributed by atoms with Crippen molar-refractivity contribution >= 4 is 51.7 Å². The van der Waals surface area contributed by atoms with Crippen LogP contribution in [-0.2, 0) is 35.5 Å². The highest BCUT2D eigenvalue weighted by molar-refractivity contribution is 6.05. The largest absolute Gasteiger partial charge is 0.491 e. The van der Waals surface area contributed by atoms with E-state index in [4.69, 9.17) is 44.2 Å². The lowest BCUT2D eigenvalue weighted by atomic mass is 10.1. The Labute approximate surface area is 367 Å². The average molecular weight is 884 g/mol. The zero-order valence-corrected chi connectivity index (χ0v) is 36.2. The molecule has 1 aliphatic heterocycles. The van der Waals surface area contributed by atoms with Gasteiger partial charge < -0.3 is 48.4 Å². The summed E-state index contributed by atoms with van der Waals surface area (Å²) in [5.41, 5.74) is 9.75. The van der Waals surface area contributed by atoms with E-state index >= 15 is 0 Å². The number of benzene rings is 2. The van der Waals surface area contributed by atoms with Crippen LogP contribution in [-0.4, -0.2) is 115 Å². The highest BCUT2D eigenvalue weighted by Crippen LogP contribution is 2.35. The first-order chi connectivity index (χ1) is 31.0. The van der Waals surface area contributed by atoms with E-state index in [9.17, 15) is 19.5 Å². The third kappa shape index (κ3) is 10.2. The van der Waals surface area contributed by atoms with Crippen molar-refractivity contribution in [3.63, 3.8) is 0 Å². The fraction of sp³-hybridized carbons (Fsp3) is 0.419. The number of hydrogen-bond acceptors (Lipinski definition) is 15. The molecule has 21 heteroatoms. The number of aromatic nitrogens is 7. The van der Waals surface area contributed by atoms with Crippen LogP contribution in [0.25, 0.3) is 22.1 Å². The summed E-state index contributed by atoms with van der Waals surface area (Å²) >= 11 is 0. The zero-order chi connectivity index (χ0) is 45.3. The number of imidazole rings is 2. The number of hydrogen-bond donors (Lipinski definition) is 6. The molecule has 3 amide bonds. The van der Waals surface area contributed by atoms with Crippen LogP contribution >= 0.6 is 0 Å². The first kappa shape index (κ1) is 45.4. The average Bonchev–Trinajstić information content (AvgIpc) is 4.04. The Kier molecular flexibility index (Phi) is 14.7. The van der Waals surface area contributed by atoms with E-state index < -0.39 is 23.9 Å². The van der Waals surface area contributed by atoms with Crippen molar-refractivity contribution < 1.29 is 48.0 Å². The maximum atomic E-state index is 13.9. The molecule has 1 atom stereocenters. The molecule has 5 heterocycles. The number of amides is 3. The van der Waals surface area contributed by atoms with Crippen LogP contribution < -0.4 is 31.2 Å². The minimum absolute atomic E-state index is 0.0635. The number of ether oxygens (including phenoxy) is 4. The van der Waals surface area contributed by atoms with Crippen LogP contribution in [0.2, 0.25) is 0 Å². The molecule has 6 aromatic rings. The number of carbonyl (C=O) groups is 3. The zero-order valence-electron chi connectivity index (χ0n) is 36.2. The Hall–Kier alpha value is -6.65. The lowest BCUT2D eigenvalue weighted by molar-refractivity contribution is 0.0299. The molecule has 1 unspecified atom stereocenters. The van der Waals surface area contributed by atoms with Crippen LogP contribution in [0.5, 0.6) is 11.5 Å². The van der Waals surface area contributed by atoms with E-state index in [1.54, 1.807) is 40.4 Å². The molecule has 64 heavy (non-hydrogen) atoms. The Bertz CT molecular complexity index is 2660. The van der Waals surface area contributed by atoms with E-state index in [0.29, 0.717) is 108 Å². The van der Waals surface area contributed by atoms with Crippen LogP contribution in [0.1, 0.15) is 80.7 Å². The second-order valence-electron chi connectivity index (χ2n) is 14.8. The van der Waals surface area contributed by atoms with Crippen molar-refractivity contribution in [2.75, 3.05) is 63.4 Å². The second kappa shape index (κ2) is 20.7. The van der Waals surface area contributed by atoms with Crippen LogP contribution in [0.3, 0.4) is 0 Å². The summed E-state index contributed by atoms with van der Waals surface area (Å²) in [4.78, 5) is 53.9. The number of nitrogens with one attached hydrogen (secondary N) is 3. The Morgan fingerprint density at radius 2 is 1.48 bits per heavy atom. The number of carbonyl (C=O) groups excluding carboxylic acids is 3. The summed E-state index contributed by atoms with van der Waals surface area (Å²) < 4.78 is 34.4. The molecule has 0 aliphatic carbocycles. The molecule has 0 saturated carbocycles. The fourth-order valence-electron chi connectivity index (χ4n) is 7.28. The van der Waals surface area contributed by atoms with Gasteiger partial charge in [-0.3, -0.25) is 35.0 Å².